The number of anilines is 1. The van der Waals surface area contributed by atoms with E-state index in [0.717, 1.165) is 39.0 Å². The molecular weight excluding hydrogens is 385 g/mol. The molecule has 2 N–H and O–H groups in total. The van der Waals surface area contributed by atoms with Crippen LogP contribution in [0.2, 0.25) is 5.02 Å². The van der Waals surface area contributed by atoms with E-state index in [1.165, 1.54) is 0 Å². The number of nitrogens with one attached hydrogen (secondary N) is 2. The molecule has 150 valence electrons. The number of halogens is 2. The van der Waals surface area contributed by atoms with Crippen LogP contribution in [0.25, 0.3) is 0 Å². The molecule has 1 aromatic rings. The summed E-state index contributed by atoms with van der Waals surface area (Å²) < 4.78 is 0. The zero-order valence-electron chi connectivity index (χ0n) is 16.0. The number of hydrogen-bond acceptors (Lipinski definition) is 3. The van der Waals surface area contributed by atoms with Gasteiger partial charge in [0.1, 0.15) is 0 Å². The number of benzene rings is 1. The average Bonchev–Trinajstić information content (AvgIpc) is 2.94. The van der Waals surface area contributed by atoms with Crippen molar-refractivity contribution >= 4 is 41.5 Å². The summed E-state index contributed by atoms with van der Waals surface area (Å²) >= 11 is 6.30. The summed E-state index contributed by atoms with van der Waals surface area (Å²) in [5.74, 6) is 1.54. The van der Waals surface area contributed by atoms with Crippen molar-refractivity contribution in [1.29, 1.82) is 0 Å². The van der Waals surface area contributed by atoms with Crippen LogP contribution >= 0.6 is 24.0 Å². The van der Waals surface area contributed by atoms with E-state index in [1.54, 1.807) is 18.2 Å². The summed E-state index contributed by atoms with van der Waals surface area (Å²) in [6, 6.07) is 5.14. The summed E-state index contributed by atoms with van der Waals surface area (Å²) in [4.78, 5) is 26.9. The lowest BCUT2D eigenvalue weighted by atomic mass is 9.92. The first-order valence-corrected chi connectivity index (χ1v) is 9.91. The Labute approximate surface area is 172 Å². The Morgan fingerprint density at radius 2 is 1.85 bits per heavy atom. The Balaban J connectivity index is 0.00000261. The number of carbonyl (C=O) groups is 2. The molecule has 5 nitrogen and oxygen atoms in total. The second-order valence-corrected chi connectivity index (χ2v) is 8.30. The highest BCUT2D eigenvalue weighted by molar-refractivity contribution is 6.34. The molecule has 2 fully saturated rings. The first-order valence-electron chi connectivity index (χ1n) is 9.53. The minimum atomic E-state index is -0.0455. The van der Waals surface area contributed by atoms with Gasteiger partial charge in [-0.2, -0.15) is 0 Å². The predicted molar refractivity (Wildman–Crippen MR) is 112 cm³/mol. The lowest BCUT2D eigenvalue weighted by molar-refractivity contribution is -0.116. The van der Waals surface area contributed by atoms with Crippen molar-refractivity contribution in [2.45, 2.75) is 33.1 Å². The van der Waals surface area contributed by atoms with Gasteiger partial charge in [-0.1, -0.05) is 25.4 Å². The predicted octanol–water partition coefficient (Wildman–Crippen LogP) is 3.82. The smallest absolute Gasteiger partial charge is 0.255 e. The zero-order chi connectivity index (χ0) is 18.7. The van der Waals surface area contributed by atoms with E-state index in [2.05, 4.69) is 10.6 Å². The van der Waals surface area contributed by atoms with Gasteiger partial charge in [-0.05, 0) is 61.9 Å². The van der Waals surface area contributed by atoms with Crippen molar-refractivity contribution < 1.29 is 9.59 Å². The van der Waals surface area contributed by atoms with Gasteiger partial charge in [-0.25, -0.2) is 0 Å². The molecule has 0 radical (unpaired) electrons. The highest BCUT2D eigenvalue weighted by Crippen LogP contribution is 2.29. The molecular formula is C20H29Cl2N3O2. The Bertz CT molecular complexity index is 667. The first-order chi connectivity index (χ1) is 12.4. The van der Waals surface area contributed by atoms with E-state index in [-0.39, 0.29) is 30.1 Å². The fourth-order valence-corrected chi connectivity index (χ4v) is 4.14. The van der Waals surface area contributed by atoms with Crippen molar-refractivity contribution in [1.82, 2.24) is 10.2 Å². The third kappa shape index (κ3) is 5.59. The summed E-state index contributed by atoms with van der Waals surface area (Å²) in [6.07, 6.45) is 2.52. The quantitative estimate of drug-likeness (QED) is 0.788. The van der Waals surface area contributed by atoms with Crippen LogP contribution in [0.1, 0.15) is 43.5 Å². The maximum Gasteiger partial charge on any atom is 0.255 e. The van der Waals surface area contributed by atoms with Crippen LogP contribution in [0, 0.1) is 17.8 Å². The van der Waals surface area contributed by atoms with Gasteiger partial charge >= 0.3 is 0 Å². The molecule has 2 amide bonds. The zero-order valence-corrected chi connectivity index (χ0v) is 17.5. The van der Waals surface area contributed by atoms with Gasteiger partial charge in [0.15, 0.2) is 0 Å². The second-order valence-electron chi connectivity index (χ2n) is 7.89. The fraction of sp³-hybridized carbons (Fsp3) is 0.600. The normalized spacial score (nSPS) is 22.0. The molecule has 0 aliphatic carbocycles. The van der Waals surface area contributed by atoms with E-state index in [9.17, 15) is 9.59 Å². The maximum absolute atomic E-state index is 13.0. The summed E-state index contributed by atoms with van der Waals surface area (Å²) in [5, 5.41) is 6.75. The number of hydrogen-bond donors (Lipinski definition) is 2. The number of rotatable bonds is 4. The Morgan fingerprint density at radius 1 is 1.22 bits per heavy atom. The molecule has 2 atom stereocenters. The lowest BCUT2D eigenvalue weighted by Gasteiger charge is -2.22. The molecule has 2 heterocycles. The first kappa shape index (κ1) is 22.0. The van der Waals surface area contributed by atoms with E-state index < -0.39 is 0 Å². The third-order valence-electron chi connectivity index (χ3n) is 5.38. The number of amides is 2. The van der Waals surface area contributed by atoms with Gasteiger partial charge in [0.25, 0.3) is 5.91 Å². The molecule has 2 aliphatic heterocycles. The second kappa shape index (κ2) is 9.76. The number of likely N-dealkylation sites (tertiary alicyclic amines) is 1. The molecule has 2 saturated heterocycles. The molecule has 3 rings (SSSR count). The van der Waals surface area contributed by atoms with E-state index in [1.807, 2.05) is 18.7 Å². The Kier molecular flexibility index (Phi) is 7.95. The highest BCUT2D eigenvalue weighted by atomic mass is 35.5. The van der Waals surface area contributed by atoms with Gasteiger partial charge in [0.2, 0.25) is 5.91 Å². The number of carbonyl (C=O) groups excluding carboxylic acids is 2. The topological polar surface area (TPSA) is 61.4 Å². The van der Waals surface area contributed by atoms with Gasteiger partial charge in [0.05, 0.1) is 10.6 Å². The Morgan fingerprint density at radius 3 is 2.44 bits per heavy atom. The van der Waals surface area contributed by atoms with Crippen molar-refractivity contribution in [3.8, 4) is 0 Å². The van der Waals surface area contributed by atoms with Crippen molar-refractivity contribution in [3.63, 3.8) is 0 Å². The minimum absolute atomic E-state index is 0. The number of nitrogens with zero attached hydrogens (tertiary/aromatic N) is 1. The van der Waals surface area contributed by atoms with Crippen molar-refractivity contribution in [2.75, 3.05) is 31.5 Å². The van der Waals surface area contributed by atoms with Crippen LogP contribution in [-0.2, 0) is 4.79 Å². The van der Waals surface area contributed by atoms with Crippen LogP contribution in [0.3, 0.4) is 0 Å². The third-order valence-corrected chi connectivity index (χ3v) is 5.71. The maximum atomic E-state index is 13.0. The van der Waals surface area contributed by atoms with Crippen LogP contribution in [0.5, 0.6) is 0 Å². The molecule has 27 heavy (non-hydrogen) atoms. The van der Waals surface area contributed by atoms with E-state index >= 15 is 0 Å². The lowest BCUT2D eigenvalue weighted by Crippen LogP contribution is -2.33. The van der Waals surface area contributed by atoms with Crippen LogP contribution in [0.15, 0.2) is 18.2 Å². The SMILES string of the molecule is CC(C)CC(=O)Nc1ccc(Cl)c(C(=O)N2CC[C@@H]3CNC[C@@H]3CC2)c1.Cl. The highest BCUT2D eigenvalue weighted by Gasteiger charge is 2.32. The molecule has 1 aromatic carbocycles. The monoisotopic (exact) mass is 413 g/mol. The van der Waals surface area contributed by atoms with Gasteiger partial charge in [-0.3, -0.25) is 9.59 Å². The van der Waals surface area contributed by atoms with Crippen LogP contribution < -0.4 is 10.6 Å². The molecule has 2 aliphatic rings. The molecule has 0 unspecified atom stereocenters. The summed E-state index contributed by atoms with van der Waals surface area (Å²) in [6.45, 7) is 7.65. The molecule has 7 heteroatoms. The summed E-state index contributed by atoms with van der Waals surface area (Å²) in [7, 11) is 0. The van der Waals surface area contributed by atoms with Crippen LogP contribution in [-0.4, -0.2) is 42.9 Å². The van der Waals surface area contributed by atoms with E-state index in [4.69, 9.17) is 11.6 Å². The molecule has 0 aromatic heterocycles. The van der Waals surface area contributed by atoms with Gasteiger partial charge in [0, 0.05) is 25.2 Å². The van der Waals surface area contributed by atoms with Crippen LogP contribution in [0.4, 0.5) is 5.69 Å². The minimum Gasteiger partial charge on any atom is -0.339 e. The summed E-state index contributed by atoms with van der Waals surface area (Å²) in [5.41, 5.74) is 1.10. The average molecular weight is 414 g/mol. The van der Waals surface area contributed by atoms with E-state index in [0.29, 0.717) is 34.5 Å². The standard InChI is InChI=1S/C20H28ClN3O2.ClH/c1-13(2)9-19(25)23-16-3-4-18(21)17(10-16)20(26)24-7-5-14-11-22-12-15(14)6-8-24;/h3-4,10,13-15,22H,5-9,11-12H2,1-2H3,(H,23,25);1H/t14-,15+;. The Hall–Kier alpha value is -1.30. The largest absolute Gasteiger partial charge is 0.339 e. The number of fused-ring (bicyclic) bond motifs is 1. The van der Waals surface area contributed by atoms with Crippen molar-refractivity contribution in [2.24, 2.45) is 17.8 Å². The van der Waals surface area contributed by atoms with Gasteiger partial charge < -0.3 is 15.5 Å². The van der Waals surface area contributed by atoms with Crippen molar-refractivity contribution in [3.05, 3.63) is 28.8 Å². The fourth-order valence-electron chi connectivity index (χ4n) is 3.94. The molecule has 0 bridgehead atoms. The van der Waals surface area contributed by atoms with Gasteiger partial charge in [-0.15, -0.1) is 12.4 Å². The molecule has 0 spiro atoms. The molecule has 0 saturated carbocycles.